The van der Waals surface area contributed by atoms with Gasteiger partial charge in [0.25, 0.3) is 5.91 Å². The van der Waals surface area contributed by atoms with E-state index in [9.17, 15) is 14.3 Å². The SMILES string of the molecule is CC(O)c1ccccc1NC(=O)c1ccc(-c2ccc(F)cc2)s1. The zero-order valence-corrected chi connectivity index (χ0v) is 13.8. The molecule has 2 aromatic carbocycles. The molecule has 3 rings (SSSR count). The van der Waals surface area contributed by atoms with Gasteiger partial charge in [0.1, 0.15) is 5.82 Å². The van der Waals surface area contributed by atoms with Crippen molar-refractivity contribution in [3.63, 3.8) is 0 Å². The number of halogens is 1. The fourth-order valence-electron chi connectivity index (χ4n) is 2.39. The molecule has 0 radical (unpaired) electrons. The molecule has 24 heavy (non-hydrogen) atoms. The Morgan fingerprint density at radius 1 is 1.08 bits per heavy atom. The zero-order valence-electron chi connectivity index (χ0n) is 13.0. The number of benzene rings is 2. The van der Waals surface area contributed by atoms with E-state index in [4.69, 9.17) is 0 Å². The van der Waals surface area contributed by atoms with Crippen LogP contribution in [-0.2, 0) is 0 Å². The quantitative estimate of drug-likeness (QED) is 0.712. The fraction of sp³-hybridized carbons (Fsp3) is 0.105. The number of para-hydroxylation sites is 1. The number of thiophene rings is 1. The van der Waals surface area contributed by atoms with Gasteiger partial charge in [-0.1, -0.05) is 30.3 Å². The zero-order chi connectivity index (χ0) is 17.1. The summed E-state index contributed by atoms with van der Waals surface area (Å²) in [7, 11) is 0. The molecule has 5 heteroatoms. The van der Waals surface area contributed by atoms with Crippen molar-refractivity contribution < 1.29 is 14.3 Å². The van der Waals surface area contributed by atoms with Crippen LogP contribution in [0.15, 0.2) is 60.7 Å². The second-order valence-corrected chi connectivity index (χ2v) is 6.47. The highest BCUT2D eigenvalue weighted by Gasteiger charge is 2.14. The van der Waals surface area contributed by atoms with Crippen molar-refractivity contribution in [1.82, 2.24) is 0 Å². The Kier molecular flexibility index (Phi) is 4.74. The van der Waals surface area contributed by atoms with E-state index >= 15 is 0 Å². The van der Waals surface area contributed by atoms with Crippen LogP contribution in [0.2, 0.25) is 0 Å². The van der Waals surface area contributed by atoms with Crippen molar-refractivity contribution in [3.8, 4) is 10.4 Å². The average Bonchev–Trinajstić information content (AvgIpc) is 3.06. The molecule has 1 unspecified atom stereocenters. The Balaban J connectivity index is 1.81. The number of anilines is 1. The maximum absolute atomic E-state index is 13.0. The Bertz CT molecular complexity index is 856. The van der Waals surface area contributed by atoms with Crippen molar-refractivity contribution in [2.45, 2.75) is 13.0 Å². The topological polar surface area (TPSA) is 49.3 Å². The van der Waals surface area contributed by atoms with E-state index in [0.29, 0.717) is 16.1 Å². The van der Waals surface area contributed by atoms with Crippen molar-refractivity contribution >= 4 is 22.9 Å². The molecule has 3 aromatic rings. The summed E-state index contributed by atoms with van der Waals surface area (Å²) in [6, 6.07) is 16.9. The smallest absolute Gasteiger partial charge is 0.265 e. The summed E-state index contributed by atoms with van der Waals surface area (Å²) in [5, 5.41) is 12.6. The third kappa shape index (κ3) is 3.53. The highest BCUT2D eigenvalue weighted by molar-refractivity contribution is 7.17. The minimum atomic E-state index is -0.667. The number of aliphatic hydroxyl groups is 1. The van der Waals surface area contributed by atoms with Crippen molar-refractivity contribution in [2.75, 3.05) is 5.32 Å². The molecule has 1 heterocycles. The van der Waals surface area contributed by atoms with Crippen LogP contribution in [0.4, 0.5) is 10.1 Å². The van der Waals surface area contributed by atoms with E-state index in [-0.39, 0.29) is 11.7 Å². The van der Waals surface area contributed by atoms with Crippen molar-refractivity contribution in [3.05, 3.63) is 76.9 Å². The molecule has 1 aromatic heterocycles. The summed E-state index contributed by atoms with van der Waals surface area (Å²) < 4.78 is 13.0. The molecule has 0 aliphatic rings. The number of rotatable bonds is 4. The van der Waals surface area contributed by atoms with Crippen molar-refractivity contribution in [1.29, 1.82) is 0 Å². The van der Waals surface area contributed by atoms with Crippen LogP contribution in [0, 0.1) is 5.82 Å². The molecule has 0 fully saturated rings. The lowest BCUT2D eigenvalue weighted by atomic mass is 10.1. The number of carbonyl (C=O) groups is 1. The van der Waals surface area contributed by atoms with Crippen LogP contribution in [-0.4, -0.2) is 11.0 Å². The summed E-state index contributed by atoms with van der Waals surface area (Å²) in [5.74, 6) is -0.524. The normalized spacial score (nSPS) is 12.0. The number of hydrogen-bond donors (Lipinski definition) is 2. The van der Waals surface area contributed by atoms with Gasteiger partial charge in [0.2, 0.25) is 0 Å². The third-order valence-electron chi connectivity index (χ3n) is 3.62. The number of carbonyl (C=O) groups excluding carboxylic acids is 1. The van der Waals surface area contributed by atoms with E-state index in [1.807, 2.05) is 12.1 Å². The van der Waals surface area contributed by atoms with Crippen LogP contribution < -0.4 is 5.32 Å². The number of nitrogens with one attached hydrogen (secondary N) is 1. The first-order valence-corrected chi connectivity index (χ1v) is 8.30. The predicted molar refractivity (Wildman–Crippen MR) is 94.7 cm³/mol. The van der Waals surface area contributed by atoms with Gasteiger partial charge in [0, 0.05) is 16.1 Å². The Morgan fingerprint density at radius 2 is 1.79 bits per heavy atom. The Hall–Kier alpha value is -2.50. The van der Waals surface area contributed by atoms with E-state index in [1.165, 1.54) is 23.5 Å². The van der Waals surface area contributed by atoms with Gasteiger partial charge in [-0.2, -0.15) is 0 Å². The minimum absolute atomic E-state index is 0.235. The standard InChI is InChI=1S/C19H16FNO2S/c1-12(22)15-4-2-3-5-16(15)21-19(23)18-11-10-17(24-18)13-6-8-14(20)9-7-13/h2-12,22H,1H3,(H,21,23). The minimum Gasteiger partial charge on any atom is -0.389 e. The maximum Gasteiger partial charge on any atom is 0.265 e. The Morgan fingerprint density at radius 3 is 2.50 bits per heavy atom. The van der Waals surface area contributed by atoms with E-state index in [0.717, 1.165) is 10.4 Å². The number of amides is 1. The summed E-state index contributed by atoms with van der Waals surface area (Å²) in [4.78, 5) is 13.9. The lowest BCUT2D eigenvalue weighted by Gasteiger charge is -2.12. The summed E-state index contributed by atoms with van der Waals surface area (Å²) >= 11 is 1.34. The first kappa shape index (κ1) is 16.4. The number of hydrogen-bond acceptors (Lipinski definition) is 3. The number of aliphatic hydroxyl groups excluding tert-OH is 1. The Labute approximate surface area is 143 Å². The first-order valence-electron chi connectivity index (χ1n) is 7.48. The molecule has 0 bridgehead atoms. The highest BCUT2D eigenvalue weighted by Crippen LogP contribution is 2.29. The molecular weight excluding hydrogens is 325 g/mol. The second kappa shape index (κ2) is 6.95. The largest absolute Gasteiger partial charge is 0.389 e. The van der Waals surface area contributed by atoms with Gasteiger partial charge in [-0.25, -0.2) is 4.39 Å². The van der Waals surface area contributed by atoms with Crippen LogP contribution >= 0.6 is 11.3 Å². The third-order valence-corrected chi connectivity index (χ3v) is 4.75. The summed E-state index contributed by atoms with van der Waals surface area (Å²) in [5.41, 5.74) is 2.13. The molecule has 2 N–H and O–H groups in total. The molecule has 0 aliphatic heterocycles. The molecule has 3 nitrogen and oxygen atoms in total. The van der Waals surface area contributed by atoms with Gasteiger partial charge in [-0.3, -0.25) is 4.79 Å². The monoisotopic (exact) mass is 341 g/mol. The fourth-order valence-corrected chi connectivity index (χ4v) is 3.30. The van der Waals surface area contributed by atoms with E-state index in [1.54, 1.807) is 43.3 Å². The maximum atomic E-state index is 13.0. The average molecular weight is 341 g/mol. The van der Waals surface area contributed by atoms with E-state index in [2.05, 4.69) is 5.32 Å². The van der Waals surface area contributed by atoms with Crippen LogP contribution in [0.25, 0.3) is 10.4 Å². The van der Waals surface area contributed by atoms with Crippen LogP contribution in [0.1, 0.15) is 28.3 Å². The molecule has 0 spiro atoms. The van der Waals surface area contributed by atoms with Crippen LogP contribution in [0.3, 0.4) is 0 Å². The summed E-state index contributed by atoms with van der Waals surface area (Å²) in [6.07, 6.45) is -0.667. The summed E-state index contributed by atoms with van der Waals surface area (Å²) in [6.45, 7) is 1.66. The lowest BCUT2D eigenvalue weighted by Crippen LogP contribution is -2.12. The first-order chi connectivity index (χ1) is 11.5. The van der Waals surface area contributed by atoms with Gasteiger partial charge in [-0.15, -0.1) is 11.3 Å². The van der Waals surface area contributed by atoms with Gasteiger partial charge in [0.15, 0.2) is 0 Å². The van der Waals surface area contributed by atoms with E-state index < -0.39 is 6.10 Å². The molecule has 1 amide bonds. The lowest BCUT2D eigenvalue weighted by molar-refractivity contribution is 0.103. The second-order valence-electron chi connectivity index (χ2n) is 5.39. The van der Waals surface area contributed by atoms with Crippen LogP contribution in [0.5, 0.6) is 0 Å². The molecule has 0 saturated heterocycles. The van der Waals surface area contributed by atoms with Gasteiger partial charge >= 0.3 is 0 Å². The van der Waals surface area contributed by atoms with Gasteiger partial charge < -0.3 is 10.4 Å². The molecular formula is C19H16FNO2S. The molecule has 0 saturated carbocycles. The van der Waals surface area contributed by atoms with Gasteiger partial charge in [0.05, 0.1) is 11.0 Å². The molecule has 0 aliphatic carbocycles. The molecule has 1 atom stereocenters. The predicted octanol–water partition coefficient (Wildman–Crippen LogP) is 4.86. The molecule has 122 valence electrons. The van der Waals surface area contributed by atoms with Gasteiger partial charge in [-0.05, 0) is 42.8 Å². The highest BCUT2D eigenvalue weighted by atomic mass is 32.1. The van der Waals surface area contributed by atoms with Crippen molar-refractivity contribution in [2.24, 2.45) is 0 Å².